The zero-order valence-corrected chi connectivity index (χ0v) is 13.7. The van der Waals surface area contributed by atoms with Crippen molar-refractivity contribution in [2.75, 3.05) is 0 Å². The third-order valence-electron chi connectivity index (χ3n) is 3.32. The fraction of sp³-hybridized carbons (Fsp3) is 0.600. The zero-order chi connectivity index (χ0) is 16.3. The molecule has 0 N–H and O–H groups in total. The number of aromatic nitrogens is 4. The van der Waals surface area contributed by atoms with Gasteiger partial charge in [0.05, 0.1) is 12.1 Å². The Kier molecular flexibility index (Phi) is 4.95. The first-order valence-electron chi connectivity index (χ1n) is 7.34. The number of hydrogen-bond acceptors (Lipinski definition) is 6. The highest BCUT2D eigenvalue weighted by Gasteiger charge is 2.17. The molecule has 0 spiro atoms. The zero-order valence-electron chi connectivity index (χ0n) is 13.7. The molecule has 0 saturated carbocycles. The molecule has 120 valence electrons. The molecule has 0 aliphatic heterocycles. The lowest BCUT2D eigenvalue weighted by Gasteiger charge is -2.08. The monoisotopic (exact) mass is 306 g/mol. The van der Waals surface area contributed by atoms with Crippen molar-refractivity contribution < 1.29 is 13.9 Å². The van der Waals surface area contributed by atoms with E-state index in [2.05, 4.69) is 29.1 Å². The second-order valence-corrected chi connectivity index (χ2v) is 5.78. The maximum atomic E-state index is 12.0. The molecule has 0 saturated heterocycles. The number of carbonyl (C=O) groups is 1. The van der Waals surface area contributed by atoms with Gasteiger partial charge in [-0.25, -0.2) is 0 Å². The van der Waals surface area contributed by atoms with Crippen LogP contribution in [0.4, 0.5) is 0 Å². The predicted molar refractivity (Wildman–Crippen MR) is 79.1 cm³/mol. The maximum absolute atomic E-state index is 12.0. The minimum Gasteiger partial charge on any atom is -0.455 e. The predicted octanol–water partition coefficient (Wildman–Crippen LogP) is 2.13. The minimum absolute atomic E-state index is 0.00208. The van der Waals surface area contributed by atoms with Gasteiger partial charge < -0.3 is 9.15 Å². The molecular formula is C15H22N4O3. The van der Waals surface area contributed by atoms with Gasteiger partial charge in [0.1, 0.15) is 0 Å². The number of aryl methyl sites for hydroxylation is 2. The molecule has 0 amide bonds. The Hall–Kier alpha value is -2.18. The van der Waals surface area contributed by atoms with Gasteiger partial charge in [0, 0.05) is 24.7 Å². The number of esters is 1. The van der Waals surface area contributed by atoms with Crippen molar-refractivity contribution in [3.8, 4) is 0 Å². The van der Waals surface area contributed by atoms with Gasteiger partial charge in [0.25, 0.3) is 5.89 Å². The lowest BCUT2D eigenvalue weighted by atomic mass is 10.1. The molecule has 0 aromatic carbocycles. The lowest BCUT2D eigenvalue weighted by Crippen LogP contribution is -2.11. The van der Waals surface area contributed by atoms with E-state index in [0.29, 0.717) is 17.7 Å². The van der Waals surface area contributed by atoms with E-state index < -0.39 is 0 Å². The Bertz CT molecular complexity index is 658. The molecule has 22 heavy (non-hydrogen) atoms. The molecule has 0 aliphatic carbocycles. The van der Waals surface area contributed by atoms with Crippen LogP contribution in [0.25, 0.3) is 0 Å². The van der Waals surface area contributed by atoms with Crippen LogP contribution in [0.15, 0.2) is 4.42 Å². The first-order chi connectivity index (χ1) is 10.4. The molecule has 0 radical (unpaired) electrons. The van der Waals surface area contributed by atoms with Crippen LogP contribution >= 0.6 is 0 Å². The SMILES string of the molecule is Cc1nnc(COC(=O)Cc2c(C)nn(CC(C)C)c2C)o1. The molecule has 0 fully saturated rings. The van der Waals surface area contributed by atoms with Crippen LogP contribution in [0.2, 0.25) is 0 Å². The van der Waals surface area contributed by atoms with Crippen molar-refractivity contribution in [2.24, 2.45) is 5.92 Å². The summed E-state index contributed by atoms with van der Waals surface area (Å²) in [4.78, 5) is 12.0. The van der Waals surface area contributed by atoms with Crippen molar-refractivity contribution in [2.45, 2.75) is 54.2 Å². The quantitative estimate of drug-likeness (QED) is 0.760. The van der Waals surface area contributed by atoms with Crippen LogP contribution in [-0.4, -0.2) is 25.9 Å². The average Bonchev–Trinajstić information content (AvgIpc) is 2.95. The Morgan fingerprint density at radius 2 is 2.00 bits per heavy atom. The van der Waals surface area contributed by atoms with Crippen molar-refractivity contribution in [3.63, 3.8) is 0 Å². The summed E-state index contributed by atoms with van der Waals surface area (Å²) in [6.07, 6.45) is 0.197. The van der Waals surface area contributed by atoms with Crippen molar-refractivity contribution in [1.82, 2.24) is 20.0 Å². The van der Waals surface area contributed by atoms with E-state index in [1.807, 2.05) is 18.5 Å². The highest BCUT2D eigenvalue weighted by Crippen LogP contribution is 2.16. The Labute approximate surface area is 129 Å². The van der Waals surface area contributed by atoms with Crippen molar-refractivity contribution in [1.29, 1.82) is 0 Å². The van der Waals surface area contributed by atoms with Crippen LogP contribution in [0.3, 0.4) is 0 Å². The van der Waals surface area contributed by atoms with E-state index in [1.165, 1.54) is 0 Å². The summed E-state index contributed by atoms with van der Waals surface area (Å²) in [6, 6.07) is 0. The van der Waals surface area contributed by atoms with Gasteiger partial charge >= 0.3 is 5.97 Å². The summed E-state index contributed by atoms with van der Waals surface area (Å²) in [7, 11) is 0. The number of rotatable bonds is 6. The number of hydrogen-bond donors (Lipinski definition) is 0. The third-order valence-corrected chi connectivity index (χ3v) is 3.32. The van der Waals surface area contributed by atoms with Gasteiger partial charge in [-0.1, -0.05) is 13.8 Å². The van der Waals surface area contributed by atoms with Gasteiger partial charge in [-0.3, -0.25) is 9.48 Å². The number of nitrogens with zero attached hydrogens (tertiary/aromatic N) is 4. The van der Waals surface area contributed by atoms with Crippen molar-refractivity contribution >= 4 is 5.97 Å². The van der Waals surface area contributed by atoms with E-state index in [4.69, 9.17) is 9.15 Å². The fourth-order valence-corrected chi connectivity index (χ4v) is 2.25. The van der Waals surface area contributed by atoms with Gasteiger partial charge in [-0.15, -0.1) is 10.2 Å². The minimum atomic E-state index is -0.328. The van der Waals surface area contributed by atoms with Crippen LogP contribution in [-0.2, 0) is 29.1 Å². The second kappa shape index (κ2) is 6.72. The summed E-state index contributed by atoms with van der Waals surface area (Å²) < 4.78 is 12.3. The van der Waals surface area contributed by atoms with E-state index >= 15 is 0 Å². The highest BCUT2D eigenvalue weighted by atomic mass is 16.5. The number of ether oxygens (including phenoxy) is 1. The summed E-state index contributed by atoms with van der Waals surface area (Å²) in [6.45, 7) is 10.7. The molecule has 2 rings (SSSR count). The van der Waals surface area contributed by atoms with E-state index in [1.54, 1.807) is 6.92 Å². The van der Waals surface area contributed by atoms with Gasteiger partial charge in [-0.2, -0.15) is 5.10 Å². The molecule has 2 aromatic rings. The first kappa shape index (κ1) is 16.2. The van der Waals surface area contributed by atoms with Crippen LogP contribution in [0.1, 0.15) is 42.6 Å². The Morgan fingerprint density at radius 3 is 2.59 bits per heavy atom. The van der Waals surface area contributed by atoms with Gasteiger partial charge in [0.2, 0.25) is 5.89 Å². The molecule has 0 unspecified atom stereocenters. The van der Waals surface area contributed by atoms with Crippen molar-refractivity contribution in [3.05, 3.63) is 28.7 Å². The normalized spacial score (nSPS) is 11.2. The van der Waals surface area contributed by atoms with Crippen LogP contribution in [0, 0.1) is 26.7 Å². The molecule has 7 nitrogen and oxygen atoms in total. The summed E-state index contributed by atoms with van der Waals surface area (Å²) in [5.74, 6) is 0.923. The van der Waals surface area contributed by atoms with Gasteiger partial charge in [0.15, 0.2) is 6.61 Å². The van der Waals surface area contributed by atoms with Crippen LogP contribution in [0.5, 0.6) is 0 Å². The fourth-order valence-electron chi connectivity index (χ4n) is 2.25. The van der Waals surface area contributed by atoms with E-state index in [-0.39, 0.29) is 19.0 Å². The standard InChI is InChI=1S/C15H22N4O3/c1-9(2)7-19-11(4)13(10(3)18-19)6-15(20)21-8-14-17-16-12(5)22-14/h9H,6-8H2,1-5H3. The molecular weight excluding hydrogens is 284 g/mol. The summed E-state index contributed by atoms with van der Waals surface area (Å²) >= 11 is 0. The average molecular weight is 306 g/mol. The third kappa shape index (κ3) is 3.93. The molecule has 0 aliphatic rings. The second-order valence-electron chi connectivity index (χ2n) is 5.78. The Balaban J connectivity index is 1.97. The number of carbonyl (C=O) groups excluding carboxylic acids is 1. The molecule has 2 heterocycles. The maximum Gasteiger partial charge on any atom is 0.310 e. The van der Waals surface area contributed by atoms with Crippen LogP contribution < -0.4 is 0 Å². The highest BCUT2D eigenvalue weighted by molar-refractivity contribution is 5.73. The first-order valence-corrected chi connectivity index (χ1v) is 7.34. The lowest BCUT2D eigenvalue weighted by molar-refractivity contribution is -0.144. The summed E-state index contributed by atoms with van der Waals surface area (Å²) in [5.41, 5.74) is 2.80. The molecule has 2 aromatic heterocycles. The van der Waals surface area contributed by atoms with E-state index in [9.17, 15) is 4.79 Å². The smallest absolute Gasteiger partial charge is 0.310 e. The topological polar surface area (TPSA) is 83.0 Å². The van der Waals surface area contributed by atoms with E-state index in [0.717, 1.165) is 23.5 Å². The molecule has 0 atom stereocenters. The van der Waals surface area contributed by atoms with Gasteiger partial charge in [-0.05, 0) is 19.8 Å². The Morgan fingerprint density at radius 1 is 1.27 bits per heavy atom. The molecule has 7 heteroatoms. The summed E-state index contributed by atoms with van der Waals surface area (Å²) in [5, 5.41) is 12.0. The largest absolute Gasteiger partial charge is 0.455 e. The molecule has 0 bridgehead atoms.